The summed E-state index contributed by atoms with van der Waals surface area (Å²) in [6.45, 7) is 9.27. The monoisotopic (exact) mass is 258 g/mol. The molecule has 0 spiro atoms. The van der Waals surface area contributed by atoms with E-state index in [2.05, 4.69) is 35.8 Å². The van der Waals surface area contributed by atoms with Crippen molar-refractivity contribution < 1.29 is 0 Å². The van der Waals surface area contributed by atoms with E-state index in [-0.39, 0.29) is 0 Å². The summed E-state index contributed by atoms with van der Waals surface area (Å²) in [7, 11) is 0. The third kappa shape index (κ3) is 4.64. The quantitative estimate of drug-likeness (QED) is 0.673. The van der Waals surface area contributed by atoms with Gasteiger partial charge in [0.15, 0.2) is 0 Å². The second-order valence-electron chi connectivity index (χ2n) is 4.53. The molecule has 5 heteroatoms. The van der Waals surface area contributed by atoms with Crippen molar-refractivity contribution >= 4 is 11.6 Å². The second kappa shape index (κ2) is 7.67. The summed E-state index contributed by atoms with van der Waals surface area (Å²) in [4.78, 5) is 6.68. The van der Waals surface area contributed by atoms with Crippen LogP contribution in [0.4, 0.5) is 0 Å². The fourth-order valence-electron chi connectivity index (χ4n) is 1.79. The number of aromatic nitrogens is 3. The molecular formula is C12H23ClN4. The predicted octanol–water partition coefficient (Wildman–Crippen LogP) is 2.70. The molecule has 98 valence electrons. The predicted molar refractivity (Wildman–Crippen MR) is 71.3 cm³/mol. The molecule has 1 rings (SSSR count). The van der Waals surface area contributed by atoms with Crippen LogP contribution in [-0.4, -0.2) is 38.6 Å². The number of unbranched alkanes of at least 4 members (excludes halogenated alkanes) is 1. The van der Waals surface area contributed by atoms with Gasteiger partial charge in [0.25, 0.3) is 0 Å². The van der Waals surface area contributed by atoms with Crippen LogP contribution in [0.15, 0.2) is 6.33 Å². The maximum Gasteiger partial charge on any atom is 0.141 e. The molecule has 0 saturated heterocycles. The van der Waals surface area contributed by atoms with Gasteiger partial charge in [-0.25, -0.2) is 9.67 Å². The lowest BCUT2D eigenvalue weighted by Crippen LogP contribution is -2.28. The lowest BCUT2D eigenvalue weighted by molar-refractivity contribution is 0.262. The zero-order chi connectivity index (χ0) is 12.7. The van der Waals surface area contributed by atoms with Gasteiger partial charge in [-0.15, -0.1) is 11.6 Å². The van der Waals surface area contributed by atoms with E-state index in [0.717, 1.165) is 25.5 Å². The van der Waals surface area contributed by atoms with Gasteiger partial charge in [0, 0.05) is 18.5 Å². The Morgan fingerprint density at radius 2 is 2.18 bits per heavy atom. The Hall–Kier alpha value is -0.610. The van der Waals surface area contributed by atoms with Gasteiger partial charge < -0.3 is 0 Å². The number of nitrogens with zero attached hydrogens (tertiary/aromatic N) is 4. The van der Waals surface area contributed by atoms with Gasteiger partial charge in [0.1, 0.15) is 12.2 Å². The van der Waals surface area contributed by atoms with Crippen LogP contribution in [0.2, 0.25) is 0 Å². The van der Waals surface area contributed by atoms with E-state index in [1.165, 1.54) is 12.8 Å². The van der Waals surface area contributed by atoms with E-state index in [1.54, 1.807) is 6.33 Å². The molecule has 0 N–H and O–H groups in total. The molecule has 0 aromatic carbocycles. The van der Waals surface area contributed by atoms with Crippen molar-refractivity contribution in [2.75, 3.05) is 19.0 Å². The van der Waals surface area contributed by atoms with E-state index >= 15 is 0 Å². The summed E-state index contributed by atoms with van der Waals surface area (Å²) in [5.41, 5.74) is 0. The van der Waals surface area contributed by atoms with Crippen LogP contribution in [0, 0.1) is 0 Å². The second-order valence-corrected chi connectivity index (χ2v) is 4.91. The maximum absolute atomic E-state index is 5.83. The lowest BCUT2D eigenvalue weighted by atomic mass is 10.3. The van der Waals surface area contributed by atoms with Crippen molar-refractivity contribution in [1.29, 1.82) is 0 Å². The molecule has 0 bridgehead atoms. The molecule has 0 aliphatic heterocycles. The molecule has 0 fully saturated rings. The average molecular weight is 259 g/mol. The fourth-order valence-corrected chi connectivity index (χ4v) is 2.03. The first-order valence-corrected chi connectivity index (χ1v) is 6.89. The third-order valence-electron chi connectivity index (χ3n) is 2.73. The number of hydrogen-bond donors (Lipinski definition) is 0. The summed E-state index contributed by atoms with van der Waals surface area (Å²) in [5.74, 6) is 1.70. The zero-order valence-electron chi connectivity index (χ0n) is 11.1. The lowest BCUT2D eigenvalue weighted by Gasteiger charge is -2.21. The summed E-state index contributed by atoms with van der Waals surface area (Å²) in [6, 6.07) is 0.358. The molecule has 0 atom stereocenters. The van der Waals surface area contributed by atoms with E-state index in [1.807, 2.05) is 4.68 Å². The Bertz CT molecular complexity index is 311. The highest BCUT2D eigenvalue weighted by atomic mass is 35.5. The van der Waals surface area contributed by atoms with Gasteiger partial charge in [0.2, 0.25) is 0 Å². The minimum Gasteiger partial charge on any atom is -0.295 e. The Kier molecular flexibility index (Phi) is 6.52. The van der Waals surface area contributed by atoms with Gasteiger partial charge in [-0.1, -0.05) is 13.3 Å². The van der Waals surface area contributed by atoms with Crippen LogP contribution in [0.5, 0.6) is 0 Å². The average Bonchev–Trinajstić information content (AvgIpc) is 2.74. The van der Waals surface area contributed by atoms with Gasteiger partial charge >= 0.3 is 0 Å². The molecule has 1 heterocycles. The molecule has 1 aromatic heterocycles. The van der Waals surface area contributed by atoms with Crippen molar-refractivity contribution in [2.45, 2.75) is 46.2 Å². The van der Waals surface area contributed by atoms with Crippen molar-refractivity contribution in [3.8, 4) is 0 Å². The van der Waals surface area contributed by atoms with Gasteiger partial charge in [-0.2, -0.15) is 5.10 Å². The van der Waals surface area contributed by atoms with Crippen molar-refractivity contribution in [3.63, 3.8) is 0 Å². The minimum absolute atomic E-state index is 0.358. The number of hydrogen-bond acceptors (Lipinski definition) is 3. The topological polar surface area (TPSA) is 34.0 Å². The number of halogens is 1. The zero-order valence-corrected chi connectivity index (χ0v) is 11.8. The van der Waals surface area contributed by atoms with E-state index in [9.17, 15) is 0 Å². The summed E-state index contributed by atoms with van der Waals surface area (Å²) in [5, 5.41) is 4.26. The maximum atomic E-state index is 5.83. The Balaban J connectivity index is 2.61. The first kappa shape index (κ1) is 14.5. The molecule has 17 heavy (non-hydrogen) atoms. The van der Waals surface area contributed by atoms with Crippen LogP contribution < -0.4 is 0 Å². The first-order valence-electron chi connectivity index (χ1n) is 6.35. The van der Waals surface area contributed by atoms with Crippen LogP contribution >= 0.6 is 11.6 Å². The van der Waals surface area contributed by atoms with Gasteiger partial charge in [-0.3, -0.25) is 4.90 Å². The number of rotatable bonds is 8. The van der Waals surface area contributed by atoms with E-state index < -0.39 is 0 Å². The van der Waals surface area contributed by atoms with Crippen molar-refractivity contribution in [2.24, 2.45) is 0 Å². The van der Waals surface area contributed by atoms with Crippen LogP contribution in [0.1, 0.15) is 45.5 Å². The highest BCUT2D eigenvalue weighted by molar-refractivity contribution is 6.18. The summed E-state index contributed by atoms with van der Waals surface area (Å²) < 4.78 is 1.98. The third-order valence-corrected chi connectivity index (χ3v) is 2.90. The highest BCUT2D eigenvalue weighted by Gasteiger charge is 2.12. The normalized spacial score (nSPS) is 11.6. The standard InChI is InChI=1S/C12H23ClN4/c1-4-5-7-16(8-6-13)9-12-14-10-15-17(12)11(2)3/h10-11H,4-9H2,1-3H3. The minimum atomic E-state index is 0.358. The summed E-state index contributed by atoms with van der Waals surface area (Å²) in [6.07, 6.45) is 4.04. The van der Waals surface area contributed by atoms with Crippen molar-refractivity contribution in [3.05, 3.63) is 12.2 Å². The Morgan fingerprint density at radius 1 is 1.41 bits per heavy atom. The molecule has 0 radical (unpaired) electrons. The SMILES string of the molecule is CCCCN(CCCl)Cc1ncnn1C(C)C. The largest absolute Gasteiger partial charge is 0.295 e. The van der Waals surface area contributed by atoms with Crippen LogP contribution in [0.25, 0.3) is 0 Å². The molecule has 0 aliphatic carbocycles. The van der Waals surface area contributed by atoms with E-state index in [0.29, 0.717) is 11.9 Å². The molecule has 0 aliphatic rings. The van der Waals surface area contributed by atoms with E-state index in [4.69, 9.17) is 11.6 Å². The molecule has 4 nitrogen and oxygen atoms in total. The van der Waals surface area contributed by atoms with Crippen molar-refractivity contribution in [1.82, 2.24) is 19.7 Å². The highest BCUT2D eigenvalue weighted by Crippen LogP contribution is 2.09. The smallest absolute Gasteiger partial charge is 0.141 e. The van der Waals surface area contributed by atoms with Crippen LogP contribution in [-0.2, 0) is 6.54 Å². The molecule has 0 amide bonds. The first-order chi connectivity index (χ1) is 8.19. The van der Waals surface area contributed by atoms with Gasteiger partial charge in [-0.05, 0) is 26.8 Å². The molecule has 0 saturated carbocycles. The molecule has 1 aromatic rings. The molecule has 0 unspecified atom stereocenters. The summed E-state index contributed by atoms with van der Waals surface area (Å²) >= 11 is 5.83. The molecular weight excluding hydrogens is 236 g/mol. The Morgan fingerprint density at radius 3 is 2.76 bits per heavy atom. The van der Waals surface area contributed by atoms with Gasteiger partial charge in [0.05, 0.1) is 6.54 Å². The fraction of sp³-hybridized carbons (Fsp3) is 0.833. The Labute approximate surface area is 109 Å². The van der Waals surface area contributed by atoms with Crippen LogP contribution in [0.3, 0.4) is 0 Å². The number of alkyl halides is 1.